The largest absolute Gasteiger partial charge is 0.345 e. The molecule has 3 aromatic heterocycles. The quantitative estimate of drug-likeness (QED) is 0.795. The fourth-order valence-electron chi connectivity index (χ4n) is 3.19. The first-order chi connectivity index (χ1) is 12.0. The Morgan fingerprint density at radius 2 is 2.04 bits per heavy atom. The molecule has 0 spiro atoms. The highest BCUT2D eigenvalue weighted by atomic mass is 16.2. The van der Waals surface area contributed by atoms with Crippen LogP contribution in [-0.4, -0.2) is 30.8 Å². The minimum Gasteiger partial charge on any atom is -0.345 e. The van der Waals surface area contributed by atoms with E-state index in [1.165, 1.54) is 12.8 Å². The summed E-state index contributed by atoms with van der Waals surface area (Å²) in [7, 11) is 0. The SMILES string of the molecule is Cc1cc(-c2ccccn2)nc2c(C(=O)NC(C)(C)C3CC3)ncn12. The molecule has 1 N–H and O–H groups in total. The molecule has 1 amide bonds. The molecule has 1 aliphatic carbocycles. The minimum absolute atomic E-state index is 0.176. The van der Waals surface area contributed by atoms with E-state index in [0.717, 1.165) is 17.1 Å². The number of carbonyl (C=O) groups excluding carboxylic acids is 1. The molecule has 25 heavy (non-hydrogen) atoms. The monoisotopic (exact) mass is 335 g/mol. The van der Waals surface area contributed by atoms with Gasteiger partial charge in [0.2, 0.25) is 0 Å². The molecular formula is C19H21N5O. The topological polar surface area (TPSA) is 72.2 Å². The maximum Gasteiger partial charge on any atom is 0.274 e. The number of amides is 1. The highest BCUT2D eigenvalue weighted by Gasteiger charge is 2.39. The molecule has 0 aromatic carbocycles. The minimum atomic E-state index is -0.222. The lowest BCUT2D eigenvalue weighted by atomic mass is 9.98. The summed E-state index contributed by atoms with van der Waals surface area (Å²) in [4.78, 5) is 26.1. The molecule has 3 heterocycles. The van der Waals surface area contributed by atoms with Crippen LogP contribution >= 0.6 is 0 Å². The number of pyridine rings is 1. The molecule has 0 unspecified atom stereocenters. The van der Waals surface area contributed by atoms with Gasteiger partial charge in [0, 0.05) is 17.4 Å². The molecular weight excluding hydrogens is 314 g/mol. The zero-order valence-electron chi connectivity index (χ0n) is 14.7. The third-order valence-corrected chi connectivity index (χ3v) is 4.87. The summed E-state index contributed by atoms with van der Waals surface area (Å²) < 4.78 is 1.84. The van der Waals surface area contributed by atoms with Gasteiger partial charge in [-0.3, -0.25) is 14.2 Å². The molecule has 3 aromatic rings. The Hall–Kier alpha value is -2.76. The highest BCUT2D eigenvalue weighted by Crippen LogP contribution is 2.39. The van der Waals surface area contributed by atoms with Gasteiger partial charge >= 0.3 is 0 Å². The van der Waals surface area contributed by atoms with Crippen LogP contribution in [-0.2, 0) is 0 Å². The number of aromatic nitrogens is 4. The molecule has 6 nitrogen and oxygen atoms in total. The lowest BCUT2D eigenvalue weighted by Gasteiger charge is -2.25. The van der Waals surface area contributed by atoms with Crippen molar-refractivity contribution >= 4 is 11.6 Å². The number of hydrogen-bond acceptors (Lipinski definition) is 4. The zero-order chi connectivity index (χ0) is 17.6. The Morgan fingerprint density at radius 1 is 1.24 bits per heavy atom. The summed E-state index contributed by atoms with van der Waals surface area (Å²) in [6, 6.07) is 7.65. The van der Waals surface area contributed by atoms with E-state index in [-0.39, 0.29) is 11.4 Å². The van der Waals surface area contributed by atoms with Gasteiger partial charge in [-0.1, -0.05) is 6.07 Å². The van der Waals surface area contributed by atoms with Gasteiger partial charge in [-0.05, 0) is 57.7 Å². The van der Waals surface area contributed by atoms with Crippen molar-refractivity contribution in [2.24, 2.45) is 5.92 Å². The molecule has 128 valence electrons. The van der Waals surface area contributed by atoms with Gasteiger partial charge in [-0.2, -0.15) is 0 Å². The standard InChI is InChI=1S/C19H21N5O/c1-12-10-15(14-6-4-5-9-20-14)22-17-16(21-11-24(12)17)18(25)23-19(2,3)13-7-8-13/h4-6,9-11,13H,7-8H2,1-3H3,(H,23,25). The van der Waals surface area contributed by atoms with Crippen molar-refractivity contribution in [3.63, 3.8) is 0 Å². The van der Waals surface area contributed by atoms with E-state index in [4.69, 9.17) is 0 Å². The fourth-order valence-corrected chi connectivity index (χ4v) is 3.19. The second-order valence-corrected chi connectivity index (χ2v) is 7.23. The van der Waals surface area contributed by atoms with E-state index >= 15 is 0 Å². The Labute approximate surface area is 146 Å². The molecule has 4 rings (SSSR count). The van der Waals surface area contributed by atoms with Crippen molar-refractivity contribution in [1.82, 2.24) is 24.7 Å². The smallest absolute Gasteiger partial charge is 0.274 e. The maximum absolute atomic E-state index is 12.8. The molecule has 0 bridgehead atoms. The van der Waals surface area contributed by atoms with Gasteiger partial charge in [0.25, 0.3) is 5.91 Å². The van der Waals surface area contributed by atoms with Crippen LogP contribution < -0.4 is 5.32 Å². The normalized spacial score (nSPS) is 14.7. The number of hydrogen-bond donors (Lipinski definition) is 1. The average molecular weight is 335 g/mol. The molecule has 0 saturated heterocycles. The number of carbonyl (C=O) groups is 1. The van der Waals surface area contributed by atoms with E-state index in [1.54, 1.807) is 12.5 Å². The fraction of sp³-hybridized carbons (Fsp3) is 0.368. The maximum atomic E-state index is 12.8. The van der Waals surface area contributed by atoms with E-state index < -0.39 is 0 Å². The average Bonchev–Trinajstić information content (AvgIpc) is 3.36. The van der Waals surface area contributed by atoms with Crippen LogP contribution in [0.2, 0.25) is 0 Å². The lowest BCUT2D eigenvalue weighted by Crippen LogP contribution is -2.45. The van der Waals surface area contributed by atoms with E-state index in [1.807, 2.05) is 35.6 Å². The molecule has 1 fully saturated rings. The molecule has 1 aliphatic rings. The van der Waals surface area contributed by atoms with Crippen LogP contribution in [0, 0.1) is 12.8 Å². The van der Waals surface area contributed by atoms with Crippen molar-refractivity contribution in [2.75, 3.05) is 0 Å². The first-order valence-corrected chi connectivity index (χ1v) is 8.54. The highest BCUT2D eigenvalue weighted by molar-refractivity contribution is 5.98. The van der Waals surface area contributed by atoms with Crippen LogP contribution in [0.3, 0.4) is 0 Å². The summed E-state index contributed by atoms with van der Waals surface area (Å²) in [5.74, 6) is 0.369. The van der Waals surface area contributed by atoms with Gasteiger partial charge in [0.05, 0.1) is 11.4 Å². The van der Waals surface area contributed by atoms with Gasteiger partial charge in [0.15, 0.2) is 11.3 Å². The van der Waals surface area contributed by atoms with Crippen molar-refractivity contribution in [1.29, 1.82) is 0 Å². The molecule has 0 aliphatic heterocycles. The van der Waals surface area contributed by atoms with Gasteiger partial charge < -0.3 is 5.32 Å². The number of nitrogens with one attached hydrogen (secondary N) is 1. The Bertz CT molecular complexity index is 941. The third-order valence-electron chi connectivity index (χ3n) is 4.87. The predicted molar refractivity (Wildman–Crippen MR) is 95.2 cm³/mol. The van der Waals surface area contributed by atoms with Crippen molar-refractivity contribution < 1.29 is 4.79 Å². The molecule has 0 atom stereocenters. The van der Waals surface area contributed by atoms with Crippen LogP contribution in [0.15, 0.2) is 36.8 Å². The second kappa shape index (κ2) is 5.65. The second-order valence-electron chi connectivity index (χ2n) is 7.23. The molecule has 6 heteroatoms. The Kier molecular flexibility index (Phi) is 3.56. The third kappa shape index (κ3) is 2.88. The van der Waals surface area contributed by atoms with Crippen LogP contribution in [0.5, 0.6) is 0 Å². The first kappa shape index (κ1) is 15.7. The number of imidazole rings is 1. The number of nitrogens with zero attached hydrogens (tertiary/aromatic N) is 4. The summed E-state index contributed by atoms with van der Waals surface area (Å²) >= 11 is 0. The summed E-state index contributed by atoms with van der Waals surface area (Å²) in [5, 5.41) is 3.12. The number of fused-ring (bicyclic) bond motifs is 1. The van der Waals surface area contributed by atoms with Gasteiger partial charge in [-0.25, -0.2) is 9.97 Å². The Balaban J connectivity index is 1.75. The van der Waals surface area contributed by atoms with E-state index in [9.17, 15) is 4.79 Å². The molecule has 1 saturated carbocycles. The molecule has 0 radical (unpaired) electrons. The lowest BCUT2D eigenvalue weighted by molar-refractivity contribution is 0.0900. The number of aryl methyl sites for hydroxylation is 1. The van der Waals surface area contributed by atoms with Crippen LogP contribution in [0.1, 0.15) is 42.9 Å². The van der Waals surface area contributed by atoms with Crippen LogP contribution in [0.25, 0.3) is 17.0 Å². The van der Waals surface area contributed by atoms with Gasteiger partial charge in [-0.15, -0.1) is 0 Å². The van der Waals surface area contributed by atoms with E-state index in [2.05, 4.69) is 34.1 Å². The van der Waals surface area contributed by atoms with Crippen molar-refractivity contribution in [3.05, 3.63) is 48.2 Å². The zero-order valence-corrected chi connectivity index (χ0v) is 14.7. The van der Waals surface area contributed by atoms with E-state index in [0.29, 0.717) is 17.3 Å². The van der Waals surface area contributed by atoms with Gasteiger partial charge in [0.1, 0.15) is 6.33 Å². The summed E-state index contributed by atoms with van der Waals surface area (Å²) in [6.45, 7) is 6.11. The predicted octanol–water partition coefficient (Wildman–Crippen LogP) is 3.02. The van der Waals surface area contributed by atoms with Crippen LogP contribution in [0.4, 0.5) is 0 Å². The summed E-state index contributed by atoms with van der Waals surface area (Å²) in [5.41, 5.74) is 3.17. The summed E-state index contributed by atoms with van der Waals surface area (Å²) in [6.07, 6.45) is 5.72. The van der Waals surface area contributed by atoms with Crippen molar-refractivity contribution in [3.8, 4) is 11.4 Å². The Morgan fingerprint density at radius 3 is 2.72 bits per heavy atom. The first-order valence-electron chi connectivity index (χ1n) is 8.54. The number of rotatable bonds is 4. The van der Waals surface area contributed by atoms with Crippen molar-refractivity contribution in [2.45, 2.75) is 39.2 Å².